The molecular weight excluding hydrogens is 400 g/mol. The van der Waals surface area contributed by atoms with E-state index in [2.05, 4.69) is 10.6 Å². The Bertz CT molecular complexity index is 915. The number of methoxy groups -OCH3 is 1. The largest absolute Gasteiger partial charge is 0.481 e. The van der Waals surface area contributed by atoms with Gasteiger partial charge in [0.1, 0.15) is 12.6 Å². The summed E-state index contributed by atoms with van der Waals surface area (Å²) in [5.74, 6) is -1.66. The lowest BCUT2D eigenvalue weighted by molar-refractivity contribution is -0.137. The molecule has 1 unspecified atom stereocenters. The summed E-state index contributed by atoms with van der Waals surface area (Å²) < 4.78 is 10.5. The molecule has 3 rings (SSSR count). The minimum Gasteiger partial charge on any atom is -0.481 e. The van der Waals surface area contributed by atoms with Crippen LogP contribution in [0.1, 0.15) is 30.4 Å². The first-order valence-corrected chi connectivity index (χ1v) is 10.0. The lowest BCUT2D eigenvalue weighted by atomic mass is 9.98. The van der Waals surface area contributed by atoms with Crippen molar-refractivity contribution in [2.75, 3.05) is 20.3 Å². The summed E-state index contributed by atoms with van der Waals surface area (Å²) in [7, 11) is 1.40. The molecule has 0 aromatic heterocycles. The van der Waals surface area contributed by atoms with Gasteiger partial charge >= 0.3 is 12.1 Å². The lowest BCUT2D eigenvalue weighted by Crippen LogP contribution is -2.51. The quantitative estimate of drug-likeness (QED) is 0.568. The molecule has 2 aromatic rings. The number of carbonyl (C=O) groups is 3. The first-order chi connectivity index (χ1) is 14.9. The number of benzene rings is 2. The Kier molecular flexibility index (Phi) is 7.25. The summed E-state index contributed by atoms with van der Waals surface area (Å²) in [5.41, 5.74) is 4.42. The minimum atomic E-state index is -1.03. The predicted octanol–water partition coefficient (Wildman–Crippen LogP) is 2.52. The maximum absolute atomic E-state index is 12.4. The van der Waals surface area contributed by atoms with E-state index in [-0.39, 0.29) is 25.6 Å². The van der Waals surface area contributed by atoms with Crippen molar-refractivity contribution in [2.24, 2.45) is 0 Å². The Morgan fingerprint density at radius 2 is 1.58 bits per heavy atom. The molecule has 164 valence electrons. The van der Waals surface area contributed by atoms with E-state index >= 15 is 0 Å². The number of carboxylic acids is 1. The van der Waals surface area contributed by atoms with Gasteiger partial charge in [0.05, 0.1) is 13.0 Å². The highest BCUT2D eigenvalue weighted by atomic mass is 16.5. The van der Waals surface area contributed by atoms with Crippen molar-refractivity contribution in [3.63, 3.8) is 0 Å². The van der Waals surface area contributed by atoms with Gasteiger partial charge in [-0.3, -0.25) is 9.59 Å². The highest BCUT2D eigenvalue weighted by molar-refractivity contribution is 5.86. The van der Waals surface area contributed by atoms with Crippen LogP contribution in [-0.2, 0) is 19.1 Å². The molecule has 8 nitrogen and oxygen atoms in total. The number of carboxylic acid groups (broad SMARTS) is 1. The fourth-order valence-corrected chi connectivity index (χ4v) is 3.79. The van der Waals surface area contributed by atoms with E-state index in [9.17, 15) is 14.4 Å². The summed E-state index contributed by atoms with van der Waals surface area (Å²) in [6.07, 6.45) is -0.971. The molecule has 0 saturated carbocycles. The number of fused-ring (bicyclic) bond motifs is 3. The van der Waals surface area contributed by atoms with Gasteiger partial charge in [0.25, 0.3) is 0 Å². The molecule has 1 aliphatic carbocycles. The number of hydrogen-bond acceptors (Lipinski definition) is 5. The number of alkyl carbamates (subject to hydrolysis) is 1. The van der Waals surface area contributed by atoms with Crippen LogP contribution in [0, 0.1) is 0 Å². The maximum Gasteiger partial charge on any atom is 0.407 e. The molecule has 2 atom stereocenters. The lowest BCUT2D eigenvalue weighted by Gasteiger charge is -2.21. The van der Waals surface area contributed by atoms with Gasteiger partial charge in [-0.1, -0.05) is 48.5 Å². The van der Waals surface area contributed by atoms with E-state index in [1.165, 1.54) is 7.11 Å². The summed E-state index contributed by atoms with van der Waals surface area (Å²) in [5, 5.41) is 13.9. The van der Waals surface area contributed by atoms with Gasteiger partial charge in [0.2, 0.25) is 5.91 Å². The van der Waals surface area contributed by atoms with Crippen LogP contribution in [0.15, 0.2) is 48.5 Å². The zero-order valence-electron chi connectivity index (χ0n) is 17.5. The molecule has 31 heavy (non-hydrogen) atoms. The number of carbonyl (C=O) groups excluding carboxylic acids is 2. The third kappa shape index (κ3) is 5.40. The molecule has 0 fully saturated rings. The standard InChI is InChI=1S/C23H26N2O6/c1-14(11-21(26)27)24-22(28)20(13-30-2)25-23(29)31-12-19-17-9-5-3-7-15(17)16-8-4-6-10-18(16)19/h3-10,14,19-20H,11-13H2,1-2H3,(H,24,28)(H,25,29)(H,26,27)/t14?,20-/m0/s1. The summed E-state index contributed by atoms with van der Waals surface area (Å²) >= 11 is 0. The second-order valence-electron chi connectivity index (χ2n) is 7.49. The number of ether oxygens (including phenoxy) is 2. The number of aliphatic carboxylic acids is 1. The van der Waals surface area contributed by atoms with Crippen molar-refractivity contribution < 1.29 is 29.0 Å². The Balaban J connectivity index is 1.62. The Morgan fingerprint density at radius 1 is 1.00 bits per heavy atom. The molecular formula is C23H26N2O6. The second-order valence-corrected chi connectivity index (χ2v) is 7.49. The average molecular weight is 426 g/mol. The van der Waals surface area contributed by atoms with E-state index in [0.29, 0.717) is 0 Å². The van der Waals surface area contributed by atoms with Crippen molar-refractivity contribution in [3.05, 3.63) is 59.7 Å². The van der Waals surface area contributed by atoms with Crippen molar-refractivity contribution in [1.29, 1.82) is 0 Å². The smallest absolute Gasteiger partial charge is 0.407 e. The third-order valence-electron chi connectivity index (χ3n) is 5.16. The normalized spacial score (nSPS) is 14.1. The minimum absolute atomic E-state index is 0.0736. The molecule has 0 heterocycles. The highest BCUT2D eigenvalue weighted by Gasteiger charge is 2.30. The van der Waals surface area contributed by atoms with Crippen molar-refractivity contribution >= 4 is 18.0 Å². The van der Waals surface area contributed by atoms with Crippen molar-refractivity contribution in [3.8, 4) is 11.1 Å². The number of rotatable bonds is 9. The average Bonchev–Trinajstić information content (AvgIpc) is 3.05. The van der Waals surface area contributed by atoms with E-state index < -0.39 is 30.1 Å². The Labute approximate surface area is 180 Å². The van der Waals surface area contributed by atoms with Crippen molar-refractivity contribution in [1.82, 2.24) is 10.6 Å². The van der Waals surface area contributed by atoms with Gasteiger partial charge in [0.15, 0.2) is 0 Å². The number of hydrogen-bond donors (Lipinski definition) is 3. The predicted molar refractivity (Wildman–Crippen MR) is 114 cm³/mol. The van der Waals surface area contributed by atoms with Gasteiger partial charge in [0, 0.05) is 19.1 Å². The third-order valence-corrected chi connectivity index (χ3v) is 5.16. The molecule has 0 aliphatic heterocycles. The molecule has 2 aromatic carbocycles. The van der Waals surface area contributed by atoms with Crippen LogP contribution in [0.2, 0.25) is 0 Å². The van der Waals surface area contributed by atoms with Gasteiger partial charge in [-0.25, -0.2) is 4.79 Å². The molecule has 3 N–H and O–H groups in total. The molecule has 1 aliphatic rings. The van der Waals surface area contributed by atoms with Gasteiger partial charge < -0.3 is 25.2 Å². The van der Waals surface area contributed by atoms with Crippen LogP contribution in [0.25, 0.3) is 11.1 Å². The van der Waals surface area contributed by atoms with E-state index in [1.807, 2.05) is 48.5 Å². The molecule has 0 bridgehead atoms. The zero-order chi connectivity index (χ0) is 22.4. The second kappa shape index (κ2) is 10.1. The molecule has 0 saturated heterocycles. The van der Waals surface area contributed by atoms with Crippen molar-refractivity contribution in [2.45, 2.75) is 31.3 Å². The molecule has 0 radical (unpaired) electrons. The van der Waals surface area contributed by atoms with Crippen LogP contribution in [-0.4, -0.2) is 55.5 Å². The van der Waals surface area contributed by atoms with E-state index in [1.54, 1.807) is 6.92 Å². The summed E-state index contributed by atoms with van der Waals surface area (Å²) in [6, 6.07) is 14.4. The Morgan fingerprint density at radius 3 is 2.13 bits per heavy atom. The van der Waals surface area contributed by atoms with E-state index in [0.717, 1.165) is 22.3 Å². The highest BCUT2D eigenvalue weighted by Crippen LogP contribution is 2.44. The maximum atomic E-state index is 12.4. The monoisotopic (exact) mass is 426 g/mol. The SMILES string of the molecule is COC[C@H](NC(=O)OCC1c2ccccc2-c2ccccc21)C(=O)NC(C)CC(=O)O. The van der Waals surface area contributed by atoms with Crippen LogP contribution >= 0.6 is 0 Å². The summed E-state index contributed by atoms with van der Waals surface area (Å²) in [6.45, 7) is 1.62. The topological polar surface area (TPSA) is 114 Å². The number of amides is 2. The van der Waals surface area contributed by atoms with Gasteiger partial charge in [-0.05, 0) is 29.2 Å². The molecule has 8 heteroatoms. The van der Waals surface area contributed by atoms with Gasteiger partial charge in [-0.2, -0.15) is 0 Å². The molecule has 2 amide bonds. The Hall–Kier alpha value is -3.39. The van der Waals surface area contributed by atoms with Crippen LogP contribution in [0.4, 0.5) is 4.79 Å². The van der Waals surface area contributed by atoms with Crippen LogP contribution < -0.4 is 10.6 Å². The fourth-order valence-electron chi connectivity index (χ4n) is 3.79. The van der Waals surface area contributed by atoms with Crippen LogP contribution in [0.5, 0.6) is 0 Å². The van der Waals surface area contributed by atoms with Gasteiger partial charge in [-0.15, -0.1) is 0 Å². The van der Waals surface area contributed by atoms with E-state index in [4.69, 9.17) is 14.6 Å². The zero-order valence-corrected chi connectivity index (χ0v) is 17.5. The molecule has 0 spiro atoms. The first-order valence-electron chi connectivity index (χ1n) is 10.0. The summed E-state index contributed by atoms with van der Waals surface area (Å²) in [4.78, 5) is 35.6. The number of nitrogens with one attached hydrogen (secondary N) is 2. The van der Waals surface area contributed by atoms with Crippen LogP contribution in [0.3, 0.4) is 0 Å². The first kappa shape index (κ1) is 22.3. The fraction of sp³-hybridized carbons (Fsp3) is 0.348.